The molecule has 8 nitrogen and oxygen atoms in total. The van der Waals surface area contributed by atoms with E-state index in [0.29, 0.717) is 11.4 Å². The Balaban J connectivity index is 1.75. The molecule has 0 saturated heterocycles. The smallest absolute Gasteiger partial charge is 0.403 e. The molecule has 0 spiro atoms. The Kier molecular flexibility index (Phi) is 6.12. The number of nitrogens with one attached hydrogen (secondary N) is 3. The first-order valence-corrected chi connectivity index (χ1v) is 8.84. The van der Waals surface area contributed by atoms with E-state index in [1.54, 1.807) is 12.3 Å². The van der Waals surface area contributed by atoms with Crippen molar-refractivity contribution in [2.75, 3.05) is 10.6 Å². The average molecular weight is 394 g/mol. The Morgan fingerprint density at radius 3 is 2.79 bits per heavy atom. The summed E-state index contributed by atoms with van der Waals surface area (Å²) in [5.74, 6) is -0.363. The predicted octanol–water partition coefficient (Wildman–Crippen LogP) is 3.06. The summed E-state index contributed by atoms with van der Waals surface area (Å²) in [5.41, 5.74) is 5.65. The summed E-state index contributed by atoms with van der Waals surface area (Å²) in [5, 5.41) is 11.9. The van der Waals surface area contributed by atoms with E-state index in [1.807, 2.05) is 0 Å². The van der Waals surface area contributed by atoms with E-state index in [4.69, 9.17) is 5.73 Å². The molecule has 3 rings (SSSR count). The quantitative estimate of drug-likeness (QED) is 0.536. The van der Waals surface area contributed by atoms with Gasteiger partial charge in [0.2, 0.25) is 5.95 Å². The first kappa shape index (κ1) is 19.6. The van der Waals surface area contributed by atoms with Crippen molar-refractivity contribution in [3.05, 3.63) is 41.6 Å². The molecule has 0 amide bonds. The van der Waals surface area contributed by atoms with E-state index in [1.165, 1.54) is 12.4 Å². The van der Waals surface area contributed by atoms with E-state index in [9.17, 15) is 13.2 Å². The number of anilines is 2. The zero-order valence-corrected chi connectivity index (χ0v) is 15.0. The van der Waals surface area contributed by atoms with Gasteiger partial charge in [-0.15, -0.1) is 0 Å². The van der Waals surface area contributed by atoms with Crippen LogP contribution in [0.15, 0.2) is 35.3 Å². The number of nitrogens with zero attached hydrogens (tertiary/aromatic N) is 4. The lowest BCUT2D eigenvalue weighted by atomic mass is 10.3. The van der Waals surface area contributed by atoms with Crippen LogP contribution >= 0.6 is 0 Å². The molecular weight excluding hydrogens is 373 g/mol. The number of allylic oxidation sites excluding steroid dienone is 1. The third-order valence-electron chi connectivity index (χ3n) is 4.28. The lowest BCUT2D eigenvalue weighted by Gasteiger charge is -2.14. The molecule has 2 aromatic heterocycles. The molecule has 0 unspecified atom stereocenters. The van der Waals surface area contributed by atoms with Crippen LogP contribution in [0.1, 0.15) is 36.9 Å². The second-order valence-electron chi connectivity index (χ2n) is 6.35. The standard InChI is InChI=1S/C17H21F3N8/c18-17(19,20)14-10-24-16(27-15(14)23-8-12-5-6-25-28-12)26-13(7-21)9-22-11-3-1-2-4-11/h5-7,9-11H,1-4,8,21H2,(H,25,28)(H2,23,24,26,27). The molecule has 0 radical (unpaired) electrons. The number of H-pyrrole nitrogens is 1. The fraction of sp³-hybridized carbons (Fsp3) is 0.412. The van der Waals surface area contributed by atoms with Crippen molar-refractivity contribution in [2.24, 2.45) is 10.7 Å². The van der Waals surface area contributed by atoms with Crippen molar-refractivity contribution in [2.45, 2.75) is 44.4 Å². The molecule has 0 aliphatic heterocycles. The molecule has 5 N–H and O–H groups in total. The van der Waals surface area contributed by atoms with Gasteiger partial charge in [-0.05, 0) is 18.9 Å². The van der Waals surface area contributed by atoms with Crippen LogP contribution in [0.25, 0.3) is 0 Å². The van der Waals surface area contributed by atoms with Gasteiger partial charge in [0.25, 0.3) is 0 Å². The Hall–Kier alpha value is -3.11. The Morgan fingerprint density at radius 1 is 1.36 bits per heavy atom. The van der Waals surface area contributed by atoms with Gasteiger partial charge in [0, 0.05) is 24.8 Å². The number of aromatic nitrogens is 4. The highest BCUT2D eigenvalue weighted by Gasteiger charge is 2.35. The molecule has 28 heavy (non-hydrogen) atoms. The molecule has 1 fully saturated rings. The highest BCUT2D eigenvalue weighted by Crippen LogP contribution is 2.34. The third kappa shape index (κ3) is 5.21. The summed E-state index contributed by atoms with van der Waals surface area (Å²) >= 11 is 0. The fourth-order valence-corrected chi connectivity index (χ4v) is 2.83. The Labute approximate surface area is 159 Å². The Morgan fingerprint density at radius 2 is 2.14 bits per heavy atom. The van der Waals surface area contributed by atoms with Gasteiger partial charge in [-0.3, -0.25) is 10.1 Å². The summed E-state index contributed by atoms with van der Waals surface area (Å²) in [6, 6.07) is 1.90. The maximum Gasteiger partial charge on any atom is 0.421 e. The number of hydrogen-bond donors (Lipinski definition) is 4. The van der Waals surface area contributed by atoms with Gasteiger partial charge in [0.1, 0.15) is 11.4 Å². The van der Waals surface area contributed by atoms with Crippen molar-refractivity contribution >= 4 is 18.0 Å². The minimum absolute atomic E-state index is 0.0188. The number of aliphatic imine (C=N–C) groups is 1. The van der Waals surface area contributed by atoms with Gasteiger partial charge in [-0.1, -0.05) is 12.8 Å². The van der Waals surface area contributed by atoms with Crippen molar-refractivity contribution in [3.63, 3.8) is 0 Å². The molecule has 2 heterocycles. The topological polar surface area (TPSA) is 117 Å². The van der Waals surface area contributed by atoms with Gasteiger partial charge >= 0.3 is 6.18 Å². The normalized spacial score (nSPS) is 16.0. The summed E-state index contributed by atoms with van der Waals surface area (Å²) < 4.78 is 39.8. The first-order valence-electron chi connectivity index (χ1n) is 8.84. The average Bonchev–Trinajstić information content (AvgIpc) is 3.36. The van der Waals surface area contributed by atoms with Crippen molar-refractivity contribution in [1.29, 1.82) is 0 Å². The first-order chi connectivity index (χ1) is 13.5. The number of hydrogen-bond acceptors (Lipinski definition) is 7. The van der Waals surface area contributed by atoms with Gasteiger partial charge in [-0.2, -0.15) is 23.3 Å². The van der Waals surface area contributed by atoms with Crippen LogP contribution in [0.5, 0.6) is 0 Å². The van der Waals surface area contributed by atoms with Crippen LogP contribution in [0.2, 0.25) is 0 Å². The SMILES string of the molecule is NC=C(C=NC1CCCC1)Nc1ncc(C(F)(F)F)c(NCc2ccn[nH]2)n1. The number of nitrogens with two attached hydrogens (primary N) is 1. The Bertz CT molecular complexity index is 823. The monoisotopic (exact) mass is 394 g/mol. The third-order valence-corrected chi connectivity index (χ3v) is 4.28. The molecular formula is C17H21F3N8. The minimum atomic E-state index is -4.59. The molecule has 0 aromatic carbocycles. The van der Waals surface area contributed by atoms with Crippen LogP contribution < -0.4 is 16.4 Å². The molecule has 1 aliphatic carbocycles. The van der Waals surface area contributed by atoms with Gasteiger partial charge < -0.3 is 16.4 Å². The summed E-state index contributed by atoms with van der Waals surface area (Å²) in [4.78, 5) is 12.2. The van der Waals surface area contributed by atoms with E-state index < -0.39 is 11.7 Å². The molecule has 1 saturated carbocycles. The zero-order valence-electron chi connectivity index (χ0n) is 15.0. The van der Waals surface area contributed by atoms with Crippen LogP contribution in [-0.4, -0.2) is 32.4 Å². The maximum absolute atomic E-state index is 13.3. The van der Waals surface area contributed by atoms with E-state index in [0.717, 1.165) is 31.9 Å². The number of aromatic amines is 1. The highest BCUT2D eigenvalue weighted by atomic mass is 19.4. The number of halogens is 3. The fourth-order valence-electron chi connectivity index (χ4n) is 2.83. The summed E-state index contributed by atoms with van der Waals surface area (Å²) in [6.45, 7) is 0.0995. The van der Waals surface area contributed by atoms with Crippen LogP contribution in [0.3, 0.4) is 0 Å². The van der Waals surface area contributed by atoms with E-state index in [2.05, 4.69) is 35.8 Å². The lowest BCUT2D eigenvalue weighted by Crippen LogP contribution is -2.16. The van der Waals surface area contributed by atoms with Gasteiger partial charge in [0.15, 0.2) is 0 Å². The molecule has 11 heteroatoms. The maximum atomic E-state index is 13.3. The van der Waals surface area contributed by atoms with Crippen LogP contribution in [-0.2, 0) is 12.7 Å². The predicted molar refractivity (Wildman–Crippen MR) is 99.6 cm³/mol. The van der Waals surface area contributed by atoms with Crippen molar-refractivity contribution < 1.29 is 13.2 Å². The van der Waals surface area contributed by atoms with E-state index in [-0.39, 0.29) is 24.4 Å². The second-order valence-corrected chi connectivity index (χ2v) is 6.35. The molecule has 0 bridgehead atoms. The second kappa shape index (κ2) is 8.72. The minimum Gasteiger partial charge on any atom is -0.403 e. The van der Waals surface area contributed by atoms with Crippen molar-refractivity contribution in [3.8, 4) is 0 Å². The van der Waals surface area contributed by atoms with Gasteiger partial charge in [0.05, 0.1) is 24.0 Å². The van der Waals surface area contributed by atoms with Crippen LogP contribution in [0, 0.1) is 0 Å². The molecule has 1 aliphatic rings. The highest BCUT2D eigenvalue weighted by molar-refractivity contribution is 5.82. The number of rotatable bonds is 7. The van der Waals surface area contributed by atoms with Crippen molar-refractivity contribution in [1.82, 2.24) is 20.2 Å². The zero-order chi connectivity index (χ0) is 20.0. The molecule has 150 valence electrons. The van der Waals surface area contributed by atoms with Crippen LogP contribution in [0.4, 0.5) is 24.9 Å². The summed E-state index contributed by atoms with van der Waals surface area (Å²) in [7, 11) is 0. The summed E-state index contributed by atoms with van der Waals surface area (Å²) in [6.07, 6.45) is 4.81. The van der Waals surface area contributed by atoms with E-state index >= 15 is 0 Å². The lowest BCUT2D eigenvalue weighted by molar-refractivity contribution is -0.137. The van der Waals surface area contributed by atoms with Gasteiger partial charge in [-0.25, -0.2) is 4.98 Å². The molecule has 2 aromatic rings. The number of alkyl halides is 3. The largest absolute Gasteiger partial charge is 0.421 e. The molecule has 0 atom stereocenters.